The van der Waals surface area contributed by atoms with Crippen LogP contribution in [0.15, 0.2) is 36.5 Å². The number of benzene rings is 1. The molecular weight excluding hydrogens is 321 g/mol. The highest BCUT2D eigenvalue weighted by molar-refractivity contribution is 5.98. The van der Waals surface area contributed by atoms with Gasteiger partial charge in [-0.05, 0) is 43.7 Å². The lowest BCUT2D eigenvalue weighted by atomic mass is 10.0. The molecule has 0 N–H and O–H groups in total. The number of fused-ring (bicyclic) bond motifs is 1. The first kappa shape index (κ1) is 15.4. The van der Waals surface area contributed by atoms with Crippen LogP contribution < -0.4 is 0 Å². The Morgan fingerprint density at radius 1 is 1.28 bits per heavy atom. The van der Waals surface area contributed by atoms with Gasteiger partial charge in [0.05, 0.1) is 5.69 Å². The number of hydrogen-bond donors (Lipinski definition) is 0. The summed E-state index contributed by atoms with van der Waals surface area (Å²) >= 11 is 0. The second kappa shape index (κ2) is 5.77. The maximum absolute atomic E-state index is 13.9. The number of halogens is 1. The van der Waals surface area contributed by atoms with Crippen molar-refractivity contribution < 1.29 is 9.18 Å². The zero-order chi connectivity index (χ0) is 17.6. The van der Waals surface area contributed by atoms with E-state index in [0.29, 0.717) is 24.5 Å². The molecule has 1 amide bonds. The summed E-state index contributed by atoms with van der Waals surface area (Å²) in [4.78, 5) is 17.7. The van der Waals surface area contributed by atoms with Crippen LogP contribution in [0.1, 0.15) is 28.5 Å². The third-order valence-corrected chi connectivity index (χ3v) is 4.50. The lowest BCUT2D eigenvalue weighted by Gasteiger charge is -2.10. The van der Waals surface area contributed by atoms with Crippen LogP contribution in [0.3, 0.4) is 0 Å². The quantitative estimate of drug-likeness (QED) is 0.690. The summed E-state index contributed by atoms with van der Waals surface area (Å²) in [7, 11) is 0. The van der Waals surface area contributed by atoms with Crippen molar-refractivity contribution in [2.24, 2.45) is 0 Å². The van der Waals surface area contributed by atoms with Gasteiger partial charge in [0.1, 0.15) is 11.4 Å². The molecule has 0 saturated heterocycles. The Balaban J connectivity index is 1.76. The minimum absolute atomic E-state index is 0.0573. The van der Waals surface area contributed by atoms with Gasteiger partial charge in [0.2, 0.25) is 5.95 Å². The number of pyridine rings is 1. The molecule has 1 aliphatic rings. The average Bonchev–Trinajstić information content (AvgIpc) is 3.15. The summed E-state index contributed by atoms with van der Waals surface area (Å²) in [6.07, 6.45) is 1.39. The summed E-state index contributed by atoms with van der Waals surface area (Å²) in [5.41, 5.74) is 4.20. The van der Waals surface area contributed by atoms with Crippen molar-refractivity contribution in [3.8, 4) is 16.9 Å². The van der Waals surface area contributed by atoms with Crippen LogP contribution in [0, 0.1) is 12.9 Å². The molecular formula is C18H16FN5O. The maximum Gasteiger partial charge on any atom is 0.254 e. The predicted octanol–water partition coefficient (Wildman–Crippen LogP) is 2.75. The molecule has 0 spiro atoms. The highest BCUT2D eigenvalue weighted by atomic mass is 19.1. The number of hydrogen-bond acceptors (Lipinski definition) is 4. The van der Waals surface area contributed by atoms with Gasteiger partial charge in [-0.1, -0.05) is 11.3 Å². The lowest BCUT2D eigenvalue weighted by Crippen LogP contribution is -2.22. The van der Waals surface area contributed by atoms with E-state index >= 15 is 0 Å². The van der Waals surface area contributed by atoms with Crippen molar-refractivity contribution in [1.82, 2.24) is 24.9 Å². The topological polar surface area (TPSA) is 63.9 Å². The van der Waals surface area contributed by atoms with E-state index in [-0.39, 0.29) is 11.6 Å². The normalized spacial score (nSPS) is 13.4. The molecule has 126 valence electrons. The molecule has 0 unspecified atom stereocenters. The summed E-state index contributed by atoms with van der Waals surface area (Å²) in [6.45, 7) is 5.07. The van der Waals surface area contributed by atoms with E-state index in [1.165, 1.54) is 10.9 Å². The van der Waals surface area contributed by atoms with Gasteiger partial charge in [-0.2, -0.15) is 4.39 Å². The average molecular weight is 337 g/mol. The number of rotatable bonds is 3. The Hall–Kier alpha value is -3.09. The molecule has 1 aliphatic heterocycles. The van der Waals surface area contributed by atoms with E-state index in [1.807, 2.05) is 32.0 Å². The molecule has 0 fully saturated rings. The molecule has 1 aromatic carbocycles. The molecule has 25 heavy (non-hydrogen) atoms. The van der Waals surface area contributed by atoms with Crippen molar-refractivity contribution in [2.75, 3.05) is 6.54 Å². The number of nitrogens with zero attached hydrogens (tertiary/aromatic N) is 5. The lowest BCUT2D eigenvalue weighted by molar-refractivity contribution is 0.0787. The van der Waals surface area contributed by atoms with Crippen molar-refractivity contribution in [3.05, 3.63) is 59.3 Å². The number of carbonyl (C=O) groups excluding carboxylic acids is 1. The van der Waals surface area contributed by atoms with E-state index < -0.39 is 5.95 Å². The van der Waals surface area contributed by atoms with Crippen LogP contribution in [0.5, 0.6) is 0 Å². The second-order valence-electron chi connectivity index (χ2n) is 5.94. The first-order valence-electron chi connectivity index (χ1n) is 8.06. The molecule has 0 aliphatic carbocycles. The van der Waals surface area contributed by atoms with Gasteiger partial charge < -0.3 is 4.90 Å². The standard InChI is InChI=1S/C18H16FN5O/c1-3-23-10-13-9-12(6-7-14(13)18(23)25)16-11(2)24(22-21-16)15-5-4-8-20-17(15)19/h4-9H,3,10H2,1-2H3. The maximum atomic E-state index is 13.9. The van der Waals surface area contributed by atoms with Gasteiger partial charge in [-0.25, -0.2) is 9.67 Å². The predicted molar refractivity (Wildman–Crippen MR) is 89.7 cm³/mol. The fourth-order valence-corrected chi connectivity index (χ4v) is 3.14. The van der Waals surface area contributed by atoms with Crippen molar-refractivity contribution in [1.29, 1.82) is 0 Å². The molecule has 0 bridgehead atoms. The Labute approximate surface area is 143 Å². The van der Waals surface area contributed by atoms with Gasteiger partial charge >= 0.3 is 0 Å². The molecule has 0 radical (unpaired) electrons. The van der Waals surface area contributed by atoms with E-state index in [0.717, 1.165) is 16.7 Å². The summed E-state index contributed by atoms with van der Waals surface area (Å²) < 4.78 is 15.4. The van der Waals surface area contributed by atoms with Gasteiger partial charge in [-0.3, -0.25) is 4.79 Å². The van der Waals surface area contributed by atoms with Crippen LogP contribution >= 0.6 is 0 Å². The van der Waals surface area contributed by atoms with Gasteiger partial charge in [0.25, 0.3) is 5.91 Å². The largest absolute Gasteiger partial charge is 0.335 e. The van der Waals surface area contributed by atoms with Gasteiger partial charge in [-0.15, -0.1) is 5.10 Å². The van der Waals surface area contributed by atoms with Crippen molar-refractivity contribution >= 4 is 5.91 Å². The highest BCUT2D eigenvalue weighted by Crippen LogP contribution is 2.29. The molecule has 3 aromatic rings. The Kier molecular flexibility index (Phi) is 3.56. The SMILES string of the molecule is CCN1Cc2cc(-c3nnn(-c4cccnc4F)c3C)ccc2C1=O. The molecule has 0 atom stereocenters. The summed E-state index contributed by atoms with van der Waals surface area (Å²) in [5.74, 6) is -0.540. The summed E-state index contributed by atoms with van der Waals surface area (Å²) in [5, 5.41) is 8.28. The first-order valence-corrected chi connectivity index (χ1v) is 8.06. The van der Waals surface area contributed by atoms with E-state index in [4.69, 9.17) is 0 Å². The fraction of sp³-hybridized carbons (Fsp3) is 0.222. The number of amides is 1. The minimum Gasteiger partial charge on any atom is -0.335 e. The molecule has 7 heteroatoms. The van der Waals surface area contributed by atoms with Crippen LogP contribution in [-0.4, -0.2) is 37.3 Å². The molecule has 6 nitrogen and oxygen atoms in total. The van der Waals surface area contributed by atoms with Gasteiger partial charge in [0, 0.05) is 30.4 Å². The van der Waals surface area contributed by atoms with Crippen LogP contribution in [0.4, 0.5) is 4.39 Å². The van der Waals surface area contributed by atoms with E-state index in [1.54, 1.807) is 17.0 Å². The van der Waals surface area contributed by atoms with E-state index in [9.17, 15) is 9.18 Å². The fourth-order valence-electron chi connectivity index (χ4n) is 3.14. The molecule has 0 saturated carbocycles. The summed E-state index contributed by atoms with van der Waals surface area (Å²) in [6, 6.07) is 8.90. The van der Waals surface area contributed by atoms with Gasteiger partial charge in [0.15, 0.2) is 0 Å². The van der Waals surface area contributed by atoms with Crippen LogP contribution in [0.2, 0.25) is 0 Å². The van der Waals surface area contributed by atoms with Crippen molar-refractivity contribution in [3.63, 3.8) is 0 Å². The smallest absolute Gasteiger partial charge is 0.254 e. The van der Waals surface area contributed by atoms with Crippen LogP contribution in [-0.2, 0) is 6.54 Å². The molecule has 3 heterocycles. The Bertz CT molecular complexity index is 981. The van der Waals surface area contributed by atoms with Crippen LogP contribution in [0.25, 0.3) is 16.9 Å². The monoisotopic (exact) mass is 337 g/mol. The zero-order valence-electron chi connectivity index (χ0n) is 13.9. The van der Waals surface area contributed by atoms with Crippen molar-refractivity contribution in [2.45, 2.75) is 20.4 Å². The molecule has 2 aromatic heterocycles. The highest BCUT2D eigenvalue weighted by Gasteiger charge is 2.27. The second-order valence-corrected chi connectivity index (χ2v) is 5.94. The van der Waals surface area contributed by atoms with E-state index in [2.05, 4.69) is 15.3 Å². The molecule has 4 rings (SSSR count). The zero-order valence-corrected chi connectivity index (χ0v) is 13.9. The Morgan fingerprint density at radius 2 is 2.12 bits per heavy atom. The Morgan fingerprint density at radius 3 is 2.88 bits per heavy atom. The third-order valence-electron chi connectivity index (χ3n) is 4.50. The first-order chi connectivity index (χ1) is 12.1. The number of carbonyl (C=O) groups is 1. The minimum atomic E-state index is -0.597. The number of aromatic nitrogens is 4. The third kappa shape index (κ3) is 2.39.